The van der Waals surface area contributed by atoms with E-state index in [1.165, 1.54) is 14.2 Å². The molecule has 0 aliphatic carbocycles. The Morgan fingerprint density at radius 2 is 2.05 bits per heavy atom. The lowest BCUT2D eigenvalue weighted by Crippen LogP contribution is -2.30. The zero-order valence-electron chi connectivity index (χ0n) is 12.3. The maximum Gasteiger partial charge on any atom is 0.374 e. The van der Waals surface area contributed by atoms with Crippen molar-refractivity contribution >= 4 is 11.8 Å². The minimum atomic E-state index is -0.875. The Kier molecular flexibility index (Phi) is 6.54. The van der Waals surface area contributed by atoms with Gasteiger partial charge < -0.3 is 23.7 Å². The molecule has 0 amide bonds. The van der Waals surface area contributed by atoms with E-state index >= 15 is 0 Å². The van der Waals surface area contributed by atoms with Crippen LogP contribution in [0.4, 0.5) is 0 Å². The Bertz CT molecular complexity index is 340. The van der Waals surface area contributed by atoms with Crippen LogP contribution in [0.1, 0.15) is 26.7 Å². The molecule has 1 fully saturated rings. The van der Waals surface area contributed by atoms with Crippen molar-refractivity contribution in [2.24, 2.45) is 0 Å². The summed E-state index contributed by atoms with van der Waals surface area (Å²) in [5.41, 5.74) is 0. The quantitative estimate of drug-likeness (QED) is 0.369. The summed E-state index contributed by atoms with van der Waals surface area (Å²) in [5, 5.41) is 0. The number of carbonyl (C=O) groups is 2. The van der Waals surface area contributed by atoms with Gasteiger partial charge in [0.15, 0.2) is 5.79 Å². The predicted molar refractivity (Wildman–Crippen MR) is 67.9 cm³/mol. The van der Waals surface area contributed by atoms with Crippen LogP contribution in [-0.4, -0.2) is 57.4 Å². The van der Waals surface area contributed by atoms with E-state index in [9.17, 15) is 9.59 Å². The average Bonchev–Trinajstić information content (AvgIpc) is 2.74. The second-order valence-electron chi connectivity index (χ2n) is 5.00. The third-order valence-electron chi connectivity index (χ3n) is 2.84. The summed E-state index contributed by atoms with van der Waals surface area (Å²) in [7, 11) is 2.65. The topological polar surface area (TPSA) is 80.3 Å². The van der Waals surface area contributed by atoms with Crippen LogP contribution in [0.5, 0.6) is 0 Å². The molecule has 1 rings (SSSR count). The third kappa shape index (κ3) is 5.54. The van der Waals surface area contributed by atoms with Crippen LogP contribution in [0.25, 0.3) is 0 Å². The van der Waals surface area contributed by atoms with Gasteiger partial charge in [0.05, 0.1) is 25.9 Å². The van der Waals surface area contributed by atoms with E-state index in [0.29, 0.717) is 13.0 Å². The minimum absolute atomic E-state index is 0.0378. The molecule has 0 bridgehead atoms. The molecular formula is C13H22O7. The fourth-order valence-electron chi connectivity index (χ4n) is 1.95. The number of methoxy groups -OCH3 is 2. The summed E-state index contributed by atoms with van der Waals surface area (Å²) in [6.45, 7) is 4.09. The van der Waals surface area contributed by atoms with Gasteiger partial charge in [-0.1, -0.05) is 0 Å². The van der Waals surface area contributed by atoms with Crippen molar-refractivity contribution in [1.29, 1.82) is 0 Å². The summed E-state index contributed by atoms with van der Waals surface area (Å²) >= 11 is 0. The fourth-order valence-corrected chi connectivity index (χ4v) is 1.95. The van der Waals surface area contributed by atoms with Crippen molar-refractivity contribution in [1.82, 2.24) is 0 Å². The molecule has 0 saturated carbocycles. The normalized spacial score (nSPS) is 22.5. The van der Waals surface area contributed by atoms with Crippen LogP contribution in [0.2, 0.25) is 0 Å². The van der Waals surface area contributed by atoms with E-state index in [0.717, 1.165) is 0 Å². The van der Waals surface area contributed by atoms with Crippen molar-refractivity contribution in [3.8, 4) is 0 Å². The van der Waals surface area contributed by atoms with Crippen LogP contribution < -0.4 is 0 Å². The standard InChI is InChI=1S/C13H22O7/c1-13(2)19-7-10(20-13)5-9(18-8-16-3)6-11(14)12(15)17-4/h9-10H,5-8H2,1-4H3/t9-,10+/m1/s1. The molecule has 0 spiro atoms. The van der Waals surface area contributed by atoms with Crippen LogP contribution in [0, 0.1) is 0 Å². The van der Waals surface area contributed by atoms with Gasteiger partial charge in [-0.25, -0.2) is 4.79 Å². The molecular weight excluding hydrogens is 268 g/mol. The summed E-state index contributed by atoms with van der Waals surface area (Å²) in [6, 6.07) is 0. The number of carbonyl (C=O) groups excluding carboxylic acids is 2. The smallest absolute Gasteiger partial charge is 0.374 e. The number of hydrogen-bond donors (Lipinski definition) is 0. The highest BCUT2D eigenvalue weighted by Crippen LogP contribution is 2.26. The van der Waals surface area contributed by atoms with Gasteiger partial charge in [-0.2, -0.15) is 0 Å². The molecule has 20 heavy (non-hydrogen) atoms. The van der Waals surface area contributed by atoms with Crippen LogP contribution in [-0.2, 0) is 33.3 Å². The highest BCUT2D eigenvalue weighted by molar-refractivity contribution is 6.33. The van der Waals surface area contributed by atoms with Gasteiger partial charge in [-0.3, -0.25) is 4.79 Å². The minimum Gasteiger partial charge on any atom is -0.463 e. The molecule has 7 heteroatoms. The number of esters is 1. The van der Waals surface area contributed by atoms with E-state index < -0.39 is 23.6 Å². The fraction of sp³-hybridized carbons (Fsp3) is 0.846. The summed E-state index contributed by atoms with van der Waals surface area (Å²) in [6.07, 6.45) is -0.299. The SMILES string of the molecule is COCO[C@@H](CC(=O)C(=O)OC)C[C@H]1COC(C)(C)O1. The largest absolute Gasteiger partial charge is 0.463 e. The van der Waals surface area contributed by atoms with Gasteiger partial charge in [0.25, 0.3) is 0 Å². The summed E-state index contributed by atoms with van der Waals surface area (Å²) in [4.78, 5) is 22.7. The molecule has 0 aromatic heterocycles. The lowest BCUT2D eigenvalue weighted by Gasteiger charge is -2.21. The van der Waals surface area contributed by atoms with E-state index in [-0.39, 0.29) is 19.3 Å². The second kappa shape index (κ2) is 7.68. The van der Waals surface area contributed by atoms with Crippen molar-refractivity contribution < 1.29 is 33.3 Å². The first-order chi connectivity index (χ1) is 9.38. The maximum absolute atomic E-state index is 11.6. The maximum atomic E-state index is 11.6. The second-order valence-corrected chi connectivity index (χ2v) is 5.00. The van der Waals surface area contributed by atoms with Crippen molar-refractivity contribution in [2.75, 3.05) is 27.6 Å². The molecule has 0 N–H and O–H groups in total. The lowest BCUT2D eigenvalue weighted by atomic mass is 10.1. The highest BCUT2D eigenvalue weighted by Gasteiger charge is 2.35. The average molecular weight is 290 g/mol. The van der Waals surface area contributed by atoms with Gasteiger partial charge in [0.1, 0.15) is 6.79 Å². The van der Waals surface area contributed by atoms with Gasteiger partial charge in [-0.15, -0.1) is 0 Å². The number of hydrogen-bond acceptors (Lipinski definition) is 7. The van der Waals surface area contributed by atoms with Crippen LogP contribution >= 0.6 is 0 Å². The number of ketones is 1. The van der Waals surface area contributed by atoms with Gasteiger partial charge in [0.2, 0.25) is 5.78 Å². The molecule has 2 atom stereocenters. The van der Waals surface area contributed by atoms with Crippen molar-refractivity contribution in [3.63, 3.8) is 0 Å². The third-order valence-corrected chi connectivity index (χ3v) is 2.84. The molecule has 116 valence electrons. The predicted octanol–water partition coefficient (Wildman–Crippen LogP) is 0.649. The zero-order chi connectivity index (χ0) is 15.2. The Hall–Kier alpha value is -1.02. The Morgan fingerprint density at radius 1 is 1.35 bits per heavy atom. The first kappa shape index (κ1) is 17.0. The molecule has 0 aromatic rings. The van der Waals surface area contributed by atoms with E-state index in [2.05, 4.69) is 4.74 Å². The Balaban J connectivity index is 2.51. The molecule has 0 radical (unpaired) electrons. The van der Waals surface area contributed by atoms with E-state index in [4.69, 9.17) is 18.9 Å². The monoisotopic (exact) mass is 290 g/mol. The van der Waals surface area contributed by atoms with Gasteiger partial charge in [-0.05, 0) is 13.8 Å². The molecule has 1 saturated heterocycles. The molecule has 0 aromatic carbocycles. The first-order valence-electron chi connectivity index (χ1n) is 6.41. The van der Waals surface area contributed by atoms with Crippen LogP contribution in [0.15, 0.2) is 0 Å². The molecule has 1 aliphatic heterocycles. The first-order valence-corrected chi connectivity index (χ1v) is 6.41. The van der Waals surface area contributed by atoms with Crippen LogP contribution in [0.3, 0.4) is 0 Å². The summed E-state index contributed by atoms with van der Waals surface area (Å²) < 4.78 is 25.7. The van der Waals surface area contributed by atoms with Gasteiger partial charge >= 0.3 is 5.97 Å². The number of ether oxygens (including phenoxy) is 5. The van der Waals surface area contributed by atoms with E-state index in [1.807, 2.05) is 13.8 Å². The molecule has 0 unspecified atom stereocenters. The molecule has 1 heterocycles. The molecule has 1 aliphatic rings. The molecule has 7 nitrogen and oxygen atoms in total. The zero-order valence-corrected chi connectivity index (χ0v) is 12.3. The van der Waals surface area contributed by atoms with Crippen molar-refractivity contribution in [3.05, 3.63) is 0 Å². The van der Waals surface area contributed by atoms with E-state index in [1.54, 1.807) is 0 Å². The number of rotatable bonds is 8. The van der Waals surface area contributed by atoms with Crippen molar-refractivity contribution in [2.45, 2.75) is 44.7 Å². The Morgan fingerprint density at radius 3 is 2.55 bits per heavy atom. The van der Waals surface area contributed by atoms with Gasteiger partial charge in [0, 0.05) is 20.0 Å². The number of Topliss-reactive ketones (excluding diaryl/α,β-unsaturated/α-hetero) is 1. The summed E-state index contributed by atoms with van der Waals surface area (Å²) in [5.74, 6) is -2.14. The Labute approximate surface area is 118 Å². The lowest BCUT2D eigenvalue weighted by molar-refractivity contribution is -0.157. The highest BCUT2D eigenvalue weighted by atomic mass is 16.7.